The van der Waals surface area contributed by atoms with Crippen molar-refractivity contribution in [1.82, 2.24) is 4.90 Å². The highest BCUT2D eigenvalue weighted by Gasteiger charge is 2.28. The van der Waals surface area contributed by atoms with Gasteiger partial charge in [-0.25, -0.2) is 13.2 Å². The predicted octanol–water partition coefficient (Wildman–Crippen LogP) is 2.25. The Morgan fingerprint density at radius 3 is 2.12 bits per heavy atom. The number of hydrogen-bond acceptors (Lipinski definition) is 5. The fraction of sp³-hybridized carbons (Fsp3) is 0.529. The molecule has 0 fully saturated rings. The Kier molecular flexibility index (Phi) is 6.98. The number of rotatable bonds is 7. The Bertz CT molecular complexity index is 720. The van der Waals surface area contributed by atoms with Crippen molar-refractivity contribution in [2.45, 2.75) is 52.8 Å². The highest BCUT2D eigenvalue weighted by atomic mass is 32.2. The van der Waals surface area contributed by atoms with Gasteiger partial charge in [0.1, 0.15) is 0 Å². The van der Waals surface area contributed by atoms with Gasteiger partial charge in [0.25, 0.3) is 5.91 Å². The maximum Gasteiger partial charge on any atom is 0.338 e. The number of carbonyl (C=O) groups is 2. The molecule has 0 radical (unpaired) electrons. The van der Waals surface area contributed by atoms with Gasteiger partial charge >= 0.3 is 5.97 Å². The van der Waals surface area contributed by atoms with Crippen LogP contribution in [0.3, 0.4) is 0 Å². The lowest BCUT2D eigenvalue weighted by Crippen LogP contribution is -2.47. The fourth-order valence-electron chi connectivity index (χ4n) is 2.52. The monoisotopic (exact) mass is 370 g/mol. The van der Waals surface area contributed by atoms with Crippen LogP contribution in [0.25, 0.3) is 0 Å². The standard InChI is InChI=1S/C17H26N2O5S/c1-11(2)19(12(3)4)16(20)13(5)24-17(21)14-8-7-9-15(10-14)18-25(6,22)23/h7-13,18H,1-6H3. The molecule has 0 spiro atoms. The number of hydrogen-bond donors (Lipinski definition) is 1. The van der Waals surface area contributed by atoms with E-state index in [9.17, 15) is 18.0 Å². The quantitative estimate of drug-likeness (QED) is 0.743. The van der Waals surface area contributed by atoms with E-state index in [2.05, 4.69) is 4.72 Å². The summed E-state index contributed by atoms with van der Waals surface area (Å²) >= 11 is 0. The van der Waals surface area contributed by atoms with Crippen LogP contribution in [-0.4, -0.2) is 49.6 Å². The van der Waals surface area contributed by atoms with Crippen LogP contribution in [0, 0.1) is 0 Å². The summed E-state index contributed by atoms with van der Waals surface area (Å²) in [5.41, 5.74) is 0.413. The molecule has 8 heteroatoms. The van der Waals surface area contributed by atoms with Gasteiger partial charge in [0.05, 0.1) is 11.8 Å². The number of anilines is 1. The number of amides is 1. The third kappa shape index (κ3) is 6.38. The number of sulfonamides is 1. The van der Waals surface area contributed by atoms with Crippen LogP contribution in [0.5, 0.6) is 0 Å². The SMILES string of the molecule is CC(OC(=O)c1cccc(NS(C)(=O)=O)c1)C(=O)N(C(C)C)C(C)C. The van der Waals surface area contributed by atoms with E-state index in [4.69, 9.17) is 4.74 Å². The number of nitrogens with one attached hydrogen (secondary N) is 1. The molecular weight excluding hydrogens is 344 g/mol. The molecule has 0 heterocycles. The van der Waals surface area contributed by atoms with Gasteiger partial charge in [0.2, 0.25) is 10.0 Å². The zero-order valence-electron chi connectivity index (χ0n) is 15.4. The minimum absolute atomic E-state index is 0.0176. The lowest BCUT2D eigenvalue weighted by atomic mass is 10.2. The summed E-state index contributed by atoms with van der Waals surface area (Å²) in [4.78, 5) is 26.4. The average Bonchev–Trinajstić information content (AvgIpc) is 2.44. The maximum absolute atomic E-state index is 12.5. The van der Waals surface area contributed by atoms with Gasteiger partial charge in [0.15, 0.2) is 6.10 Å². The lowest BCUT2D eigenvalue weighted by molar-refractivity contribution is -0.143. The largest absolute Gasteiger partial charge is 0.449 e. The van der Waals surface area contributed by atoms with Gasteiger partial charge in [-0.2, -0.15) is 0 Å². The average molecular weight is 370 g/mol. The Morgan fingerprint density at radius 1 is 1.08 bits per heavy atom. The van der Waals surface area contributed by atoms with E-state index in [0.717, 1.165) is 6.26 Å². The van der Waals surface area contributed by atoms with Crippen LogP contribution in [0.15, 0.2) is 24.3 Å². The summed E-state index contributed by atoms with van der Waals surface area (Å²) in [7, 11) is -3.45. The van der Waals surface area contributed by atoms with Crippen molar-refractivity contribution in [2.75, 3.05) is 11.0 Å². The molecule has 1 N–H and O–H groups in total. The van der Waals surface area contributed by atoms with E-state index in [-0.39, 0.29) is 29.2 Å². The molecule has 1 aromatic rings. The molecule has 7 nitrogen and oxygen atoms in total. The Morgan fingerprint density at radius 2 is 1.64 bits per heavy atom. The molecule has 0 aromatic heterocycles. The zero-order chi connectivity index (χ0) is 19.4. The van der Waals surface area contributed by atoms with E-state index >= 15 is 0 Å². The van der Waals surface area contributed by atoms with Crippen molar-refractivity contribution in [1.29, 1.82) is 0 Å². The zero-order valence-corrected chi connectivity index (χ0v) is 16.3. The highest BCUT2D eigenvalue weighted by molar-refractivity contribution is 7.92. The van der Waals surface area contributed by atoms with Crippen LogP contribution in [0.1, 0.15) is 45.0 Å². The van der Waals surface area contributed by atoms with Gasteiger partial charge in [-0.05, 0) is 52.8 Å². The van der Waals surface area contributed by atoms with Gasteiger partial charge in [-0.15, -0.1) is 0 Å². The summed E-state index contributed by atoms with van der Waals surface area (Å²) < 4.78 is 30.1. The first-order valence-corrected chi connectivity index (χ1v) is 9.92. The van der Waals surface area contributed by atoms with Gasteiger partial charge in [-0.3, -0.25) is 9.52 Å². The minimum Gasteiger partial charge on any atom is -0.449 e. The normalized spacial score (nSPS) is 12.8. The molecule has 0 saturated heterocycles. The number of carbonyl (C=O) groups excluding carboxylic acids is 2. The smallest absolute Gasteiger partial charge is 0.338 e. The summed E-state index contributed by atoms with van der Waals surface area (Å²) in [6.45, 7) is 9.11. The van der Waals surface area contributed by atoms with E-state index in [1.807, 2.05) is 27.7 Å². The van der Waals surface area contributed by atoms with Crippen molar-refractivity contribution >= 4 is 27.6 Å². The molecule has 0 aliphatic carbocycles. The molecule has 1 atom stereocenters. The molecule has 140 valence electrons. The second-order valence-electron chi connectivity index (χ2n) is 6.44. The Hall–Kier alpha value is -2.09. The lowest BCUT2D eigenvalue weighted by Gasteiger charge is -2.32. The predicted molar refractivity (Wildman–Crippen MR) is 96.9 cm³/mol. The molecule has 1 amide bonds. The third-order valence-electron chi connectivity index (χ3n) is 3.40. The first-order valence-electron chi connectivity index (χ1n) is 8.03. The van der Waals surface area contributed by atoms with Crippen molar-refractivity contribution in [2.24, 2.45) is 0 Å². The molecule has 1 unspecified atom stereocenters. The number of esters is 1. The van der Waals surface area contributed by atoms with E-state index < -0.39 is 22.1 Å². The summed E-state index contributed by atoms with van der Waals surface area (Å²) in [5.74, 6) is -0.964. The first kappa shape index (κ1) is 21.0. The maximum atomic E-state index is 12.5. The van der Waals surface area contributed by atoms with Crippen molar-refractivity contribution in [3.63, 3.8) is 0 Å². The first-order chi connectivity index (χ1) is 11.4. The van der Waals surface area contributed by atoms with E-state index in [1.54, 1.807) is 4.90 Å². The second-order valence-corrected chi connectivity index (χ2v) is 8.18. The van der Waals surface area contributed by atoms with Crippen LogP contribution >= 0.6 is 0 Å². The minimum atomic E-state index is -3.45. The molecule has 0 saturated carbocycles. The number of benzene rings is 1. The number of nitrogens with zero attached hydrogens (tertiary/aromatic N) is 1. The Balaban J connectivity index is 2.88. The summed E-state index contributed by atoms with van der Waals surface area (Å²) in [6.07, 6.45) is 0.0781. The summed E-state index contributed by atoms with van der Waals surface area (Å²) in [6, 6.07) is 5.88. The van der Waals surface area contributed by atoms with Crippen molar-refractivity contribution < 1.29 is 22.7 Å². The highest BCUT2D eigenvalue weighted by Crippen LogP contribution is 2.15. The van der Waals surface area contributed by atoms with Gasteiger partial charge in [0, 0.05) is 17.8 Å². The molecule has 0 aliphatic heterocycles. The molecular formula is C17H26N2O5S. The Labute approximate surface area is 149 Å². The molecule has 0 aliphatic rings. The molecule has 1 aromatic carbocycles. The van der Waals surface area contributed by atoms with Crippen LogP contribution in [-0.2, 0) is 19.6 Å². The van der Waals surface area contributed by atoms with Crippen LogP contribution < -0.4 is 4.72 Å². The third-order valence-corrected chi connectivity index (χ3v) is 4.01. The van der Waals surface area contributed by atoms with Crippen LogP contribution in [0.2, 0.25) is 0 Å². The second kappa shape index (κ2) is 8.33. The van der Waals surface area contributed by atoms with Crippen molar-refractivity contribution in [3.8, 4) is 0 Å². The van der Waals surface area contributed by atoms with Crippen LogP contribution in [0.4, 0.5) is 5.69 Å². The van der Waals surface area contributed by atoms with E-state index in [1.165, 1.54) is 31.2 Å². The molecule has 0 bridgehead atoms. The van der Waals surface area contributed by atoms with Gasteiger partial charge < -0.3 is 9.64 Å². The van der Waals surface area contributed by atoms with Crippen molar-refractivity contribution in [3.05, 3.63) is 29.8 Å². The molecule has 25 heavy (non-hydrogen) atoms. The fourth-order valence-corrected chi connectivity index (χ4v) is 3.07. The number of ether oxygens (including phenoxy) is 1. The summed E-state index contributed by atoms with van der Waals surface area (Å²) in [5, 5.41) is 0. The molecule has 1 rings (SSSR count). The van der Waals surface area contributed by atoms with E-state index in [0.29, 0.717) is 0 Å². The van der Waals surface area contributed by atoms with Gasteiger partial charge in [-0.1, -0.05) is 6.07 Å². The topological polar surface area (TPSA) is 92.8 Å².